The van der Waals surface area contributed by atoms with Gasteiger partial charge in [0.15, 0.2) is 0 Å². The Morgan fingerprint density at radius 3 is 2.27 bits per heavy atom. The summed E-state index contributed by atoms with van der Waals surface area (Å²) in [6, 6.07) is 6.98. The van der Waals surface area contributed by atoms with Crippen molar-refractivity contribution >= 4 is 40.4 Å². The van der Waals surface area contributed by atoms with Crippen LogP contribution in [0.1, 0.15) is 47.6 Å². The largest absolute Gasteiger partial charge is 0.331 e. The summed E-state index contributed by atoms with van der Waals surface area (Å²) in [4.78, 5) is 39.1. The molecule has 136 valence electrons. The Hall–Kier alpha value is -2.67. The molecular formula is C19H21N3O3S. The van der Waals surface area contributed by atoms with Crippen LogP contribution in [0.3, 0.4) is 0 Å². The highest BCUT2D eigenvalue weighted by atomic mass is 32.1. The molecule has 7 heteroatoms. The summed E-state index contributed by atoms with van der Waals surface area (Å²) in [5, 5.41) is 7.42. The number of carbonyl (C=O) groups excluding carboxylic acids is 3. The first-order valence-corrected chi connectivity index (χ1v) is 9.30. The van der Waals surface area contributed by atoms with Gasteiger partial charge in [0.05, 0.1) is 6.04 Å². The van der Waals surface area contributed by atoms with Gasteiger partial charge in [-0.3, -0.25) is 14.4 Å². The van der Waals surface area contributed by atoms with Crippen LogP contribution in [0.4, 0.5) is 11.4 Å². The Morgan fingerprint density at radius 1 is 1.08 bits per heavy atom. The molecule has 1 atom stereocenters. The molecule has 2 aromatic rings. The molecule has 0 saturated heterocycles. The lowest BCUT2D eigenvalue weighted by Gasteiger charge is -2.34. The van der Waals surface area contributed by atoms with E-state index in [0.717, 1.165) is 6.42 Å². The highest BCUT2D eigenvalue weighted by Gasteiger charge is 2.29. The monoisotopic (exact) mass is 371 g/mol. The second-order valence-electron chi connectivity index (χ2n) is 6.39. The second-order valence-corrected chi connectivity index (χ2v) is 7.39. The number of rotatable bonds is 3. The summed E-state index contributed by atoms with van der Waals surface area (Å²) in [6.45, 7) is 5.47. The maximum absolute atomic E-state index is 13.1. The molecule has 2 heterocycles. The van der Waals surface area contributed by atoms with E-state index in [0.29, 0.717) is 23.5 Å². The normalized spacial score (nSPS) is 16.0. The van der Waals surface area contributed by atoms with Crippen LogP contribution in [0.15, 0.2) is 29.6 Å². The molecule has 3 rings (SSSR count). The average Bonchev–Trinajstić information content (AvgIpc) is 3.02. The molecule has 2 N–H and O–H groups in total. The molecule has 0 aliphatic carbocycles. The van der Waals surface area contributed by atoms with Gasteiger partial charge in [0.2, 0.25) is 11.8 Å². The molecule has 1 aromatic carbocycles. The van der Waals surface area contributed by atoms with E-state index >= 15 is 0 Å². The molecule has 0 spiro atoms. The summed E-state index contributed by atoms with van der Waals surface area (Å²) in [7, 11) is 0. The van der Waals surface area contributed by atoms with Crippen LogP contribution in [0.2, 0.25) is 0 Å². The Labute approximate surface area is 156 Å². The summed E-state index contributed by atoms with van der Waals surface area (Å²) in [5.41, 5.74) is 2.58. The number of hydrogen-bond acceptors (Lipinski definition) is 4. The topological polar surface area (TPSA) is 78.5 Å². The molecule has 1 aromatic heterocycles. The van der Waals surface area contributed by atoms with Crippen LogP contribution in [0.5, 0.6) is 0 Å². The van der Waals surface area contributed by atoms with Crippen LogP contribution in [-0.4, -0.2) is 29.2 Å². The van der Waals surface area contributed by atoms with Gasteiger partial charge in [0, 0.05) is 42.2 Å². The molecule has 0 radical (unpaired) electrons. The van der Waals surface area contributed by atoms with Gasteiger partial charge in [0.25, 0.3) is 5.91 Å². The number of carbonyl (C=O) groups is 3. The maximum Gasteiger partial charge on any atom is 0.254 e. The Morgan fingerprint density at radius 2 is 1.69 bits per heavy atom. The first-order valence-electron chi connectivity index (χ1n) is 8.42. The standard InChI is InChI=1S/C19H21N3O3S/c1-11-17-5-7-26-18(17)4-6-22(11)19(25)14-8-15(20-12(2)23)10-16(9-14)21-13(3)24/h5,7-11H,4,6H2,1-3H3,(H,20,23)(H,21,24)/t11-/m0/s1. The van der Waals surface area contributed by atoms with Crippen molar-refractivity contribution < 1.29 is 14.4 Å². The van der Waals surface area contributed by atoms with Crippen LogP contribution in [0.25, 0.3) is 0 Å². The van der Waals surface area contributed by atoms with Gasteiger partial charge in [-0.25, -0.2) is 0 Å². The first-order chi connectivity index (χ1) is 12.3. The van der Waals surface area contributed by atoms with E-state index in [9.17, 15) is 14.4 Å². The van der Waals surface area contributed by atoms with Crippen molar-refractivity contribution in [3.05, 3.63) is 45.6 Å². The van der Waals surface area contributed by atoms with E-state index in [1.54, 1.807) is 29.5 Å². The zero-order valence-electron chi connectivity index (χ0n) is 15.0. The number of anilines is 2. The van der Waals surface area contributed by atoms with Gasteiger partial charge in [-0.15, -0.1) is 11.3 Å². The molecule has 0 fully saturated rings. The average molecular weight is 371 g/mol. The van der Waals surface area contributed by atoms with Gasteiger partial charge >= 0.3 is 0 Å². The minimum absolute atomic E-state index is 0.00820. The van der Waals surface area contributed by atoms with Crippen molar-refractivity contribution in [2.45, 2.75) is 33.2 Å². The van der Waals surface area contributed by atoms with E-state index in [1.807, 2.05) is 11.8 Å². The fraction of sp³-hybridized carbons (Fsp3) is 0.316. The van der Waals surface area contributed by atoms with E-state index in [2.05, 4.69) is 22.1 Å². The number of benzene rings is 1. The molecule has 1 aliphatic heterocycles. The third-order valence-corrected chi connectivity index (χ3v) is 5.36. The quantitative estimate of drug-likeness (QED) is 0.868. The summed E-state index contributed by atoms with van der Waals surface area (Å²) in [5.74, 6) is -0.594. The zero-order chi connectivity index (χ0) is 18.8. The Kier molecular flexibility index (Phi) is 5.08. The summed E-state index contributed by atoms with van der Waals surface area (Å²) < 4.78 is 0. The molecule has 3 amide bonds. The highest BCUT2D eigenvalue weighted by Crippen LogP contribution is 2.34. The number of hydrogen-bond donors (Lipinski definition) is 2. The fourth-order valence-electron chi connectivity index (χ4n) is 3.25. The lowest BCUT2D eigenvalue weighted by molar-refractivity contribution is -0.115. The van der Waals surface area contributed by atoms with Crippen molar-refractivity contribution in [1.29, 1.82) is 0 Å². The molecule has 0 bridgehead atoms. The Bertz CT molecular complexity index is 840. The maximum atomic E-state index is 13.1. The van der Waals surface area contributed by atoms with Crippen LogP contribution >= 0.6 is 11.3 Å². The van der Waals surface area contributed by atoms with E-state index in [-0.39, 0.29) is 23.8 Å². The number of nitrogens with one attached hydrogen (secondary N) is 2. The Balaban J connectivity index is 1.93. The van der Waals surface area contributed by atoms with Crippen molar-refractivity contribution in [1.82, 2.24) is 4.90 Å². The number of thiophene rings is 1. The van der Waals surface area contributed by atoms with Gasteiger partial charge in [-0.05, 0) is 48.6 Å². The predicted octanol–water partition coefficient (Wildman–Crippen LogP) is 3.42. The summed E-state index contributed by atoms with van der Waals surface area (Å²) in [6.07, 6.45) is 0.840. The fourth-order valence-corrected chi connectivity index (χ4v) is 4.22. The van der Waals surface area contributed by atoms with Crippen molar-refractivity contribution in [2.24, 2.45) is 0 Å². The third-order valence-electron chi connectivity index (χ3n) is 4.36. The van der Waals surface area contributed by atoms with E-state index in [1.165, 1.54) is 24.3 Å². The second kappa shape index (κ2) is 7.29. The smallest absolute Gasteiger partial charge is 0.254 e. The van der Waals surface area contributed by atoms with Crippen molar-refractivity contribution in [3.8, 4) is 0 Å². The minimum atomic E-state index is -0.238. The van der Waals surface area contributed by atoms with Crippen molar-refractivity contribution in [2.75, 3.05) is 17.2 Å². The highest BCUT2D eigenvalue weighted by molar-refractivity contribution is 7.10. The lowest BCUT2D eigenvalue weighted by atomic mass is 10.00. The van der Waals surface area contributed by atoms with Gasteiger partial charge < -0.3 is 15.5 Å². The van der Waals surface area contributed by atoms with Crippen LogP contribution in [-0.2, 0) is 16.0 Å². The molecule has 1 aliphatic rings. The lowest BCUT2D eigenvalue weighted by Crippen LogP contribution is -2.38. The van der Waals surface area contributed by atoms with Crippen LogP contribution in [0, 0.1) is 0 Å². The SMILES string of the molecule is CC(=O)Nc1cc(NC(C)=O)cc(C(=O)N2CCc3sccc3[C@@H]2C)c1. The van der Waals surface area contributed by atoms with Crippen LogP contribution < -0.4 is 10.6 Å². The van der Waals surface area contributed by atoms with E-state index < -0.39 is 0 Å². The van der Waals surface area contributed by atoms with Gasteiger partial charge in [0.1, 0.15) is 0 Å². The minimum Gasteiger partial charge on any atom is -0.331 e. The third kappa shape index (κ3) is 3.77. The number of fused-ring (bicyclic) bond motifs is 1. The first kappa shape index (κ1) is 18.1. The molecule has 0 saturated carbocycles. The van der Waals surface area contributed by atoms with Gasteiger partial charge in [-0.2, -0.15) is 0 Å². The molecule has 0 unspecified atom stereocenters. The molecule has 6 nitrogen and oxygen atoms in total. The van der Waals surface area contributed by atoms with E-state index in [4.69, 9.17) is 0 Å². The molecule has 26 heavy (non-hydrogen) atoms. The van der Waals surface area contributed by atoms with Crippen molar-refractivity contribution in [3.63, 3.8) is 0 Å². The number of amides is 3. The van der Waals surface area contributed by atoms with Gasteiger partial charge in [-0.1, -0.05) is 0 Å². The summed E-state index contributed by atoms with van der Waals surface area (Å²) >= 11 is 1.72. The molecular weight excluding hydrogens is 350 g/mol. The zero-order valence-corrected chi connectivity index (χ0v) is 15.8. The predicted molar refractivity (Wildman–Crippen MR) is 103 cm³/mol. The number of nitrogens with zero attached hydrogens (tertiary/aromatic N) is 1.